The topological polar surface area (TPSA) is 72.7 Å². The van der Waals surface area contributed by atoms with Crippen LogP contribution in [-0.4, -0.2) is 31.9 Å². The van der Waals surface area contributed by atoms with Gasteiger partial charge in [-0.05, 0) is 29.3 Å². The van der Waals surface area contributed by atoms with Crippen LogP contribution in [0.25, 0.3) is 0 Å². The van der Waals surface area contributed by atoms with Crippen molar-refractivity contribution in [3.63, 3.8) is 0 Å². The van der Waals surface area contributed by atoms with Gasteiger partial charge < -0.3 is 5.32 Å². The summed E-state index contributed by atoms with van der Waals surface area (Å²) in [4.78, 5) is 12.3. The van der Waals surface area contributed by atoms with Crippen LogP contribution < -0.4 is 5.32 Å². The van der Waals surface area contributed by atoms with E-state index in [2.05, 4.69) is 20.8 Å². The summed E-state index contributed by atoms with van der Waals surface area (Å²) in [6.45, 7) is 0. The average molecular weight is 441 g/mol. The Morgan fingerprint density at radius 3 is 2.48 bits per heavy atom. The number of carbonyl (C=O) groups is 1. The van der Waals surface area contributed by atoms with Gasteiger partial charge in [-0.1, -0.05) is 71.0 Å². The predicted molar refractivity (Wildman–Crippen MR) is 101 cm³/mol. The number of nitrogens with one attached hydrogen (secondary N) is 1. The summed E-state index contributed by atoms with van der Waals surface area (Å²) in [5.74, 6) is -0.211. The molecule has 1 aliphatic rings. The summed E-state index contributed by atoms with van der Waals surface area (Å²) >= 11 is 25.4. The minimum atomic E-state index is -0.312. The van der Waals surface area contributed by atoms with E-state index in [1.165, 1.54) is 30.7 Å². The molecule has 1 amide bonds. The fourth-order valence-corrected chi connectivity index (χ4v) is 4.30. The number of hydrogen-bond donors (Lipinski definition) is 1. The van der Waals surface area contributed by atoms with Crippen LogP contribution in [0.5, 0.6) is 0 Å². The van der Waals surface area contributed by atoms with Gasteiger partial charge in [-0.2, -0.15) is 0 Å². The van der Waals surface area contributed by atoms with E-state index in [4.69, 9.17) is 46.4 Å². The second kappa shape index (κ2) is 8.31. The minimum absolute atomic E-state index is 0.101. The Balaban J connectivity index is 1.66. The molecular weight excluding hydrogens is 428 g/mol. The van der Waals surface area contributed by atoms with E-state index < -0.39 is 0 Å². The van der Waals surface area contributed by atoms with Gasteiger partial charge >= 0.3 is 0 Å². The number of rotatable bonds is 5. The van der Waals surface area contributed by atoms with Crippen molar-refractivity contribution in [2.45, 2.75) is 36.9 Å². The molecule has 1 aromatic carbocycles. The highest BCUT2D eigenvalue weighted by Gasteiger charge is 2.22. The summed E-state index contributed by atoms with van der Waals surface area (Å²) in [7, 11) is 0. The van der Waals surface area contributed by atoms with Crippen molar-refractivity contribution in [3.05, 3.63) is 26.2 Å². The number of aromatic nitrogens is 4. The summed E-state index contributed by atoms with van der Waals surface area (Å²) in [5, 5.41) is 15.7. The highest BCUT2D eigenvalue weighted by atomic mass is 35.5. The van der Waals surface area contributed by atoms with Crippen LogP contribution in [0.15, 0.2) is 11.2 Å². The molecule has 1 heterocycles. The number of benzene rings is 1. The molecule has 1 fully saturated rings. The van der Waals surface area contributed by atoms with Crippen molar-refractivity contribution < 1.29 is 4.79 Å². The fourth-order valence-electron chi connectivity index (χ4n) is 2.65. The van der Waals surface area contributed by atoms with Gasteiger partial charge in [0.25, 0.3) is 0 Å². The van der Waals surface area contributed by atoms with Gasteiger partial charge in [0.05, 0.1) is 37.6 Å². The molecule has 1 N–H and O–H groups in total. The number of hydrogen-bond acceptors (Lipinski definition) is 5. The van der Waals surface area contributed by atoms with Crippen molar-refractivity contribution in [2.24, 2.45) is 0 Å². The first kappa shape index (κ1) is 19.0. The zero-order chi connectivity index (χ0) is 18.0. The Bertz CT molecular complexity index is 768. The summed E-state index contributed by atoms with van der Waals surface area (Å²) in [6, 6.07) is 1.73. The first-order valence-electron chi connectivity index (χ1n) is 7.51. The lowest BCUT2D eigenvalue weighted by atomic mass is 10.3. The molecule has 25 heavy (non-hydrogen) atoms. The van der Waals surface area contributed by atoms with Gasteiger partial charge in [-0.15, -0.1) is 5.10 Å². The summed E-state index contributed by atoms with van der Waals surface area (Å²) in [5.41, 5.74) is 0.196. The number of tetrazole rings is 1. The molecule has 0 aliphatic heterocycles. The standard InChI is InChI=1S/C14H13Cl4N5OS/c15-8-5-9(16)12(18)13(11(8)17)19-10(24)6-25-14-20-21-22-23(14)7-3-1-2-4-7/h5,7H,1-4,6H2,(H,19,24). The molecule has 0 unspecified atom stereocenters. The molecule has 1 aliphatic carbocycles. The van der Waals surface area contributed by atoms with Crippen LogP contribution in [0.2, 0.25) is 20.1 Å². The van der Waals surface area contributed by atoms with E-state index >= 15 is 0 Å². The first-order valence-corrected chi connectivity index (χ1v) is 10.0. The van der Waals surface area contributed by atoms with Gasteiger partial charge in [0, 0.05) is 0 Å². The van der Waals surface area contributed by atoms with Crippen molar-refractivity contribution in [3.8, 4) is 0 Å². The molecule has 0 radical (unpaired) electrons. The lowest BCUT2D eigenvalue weighted by molar-refractivity contribution is -0.113. The van der Waals surface area contributed by atoms with Crippen LogP contribution in [-0.2, 0) is 4.79 Å². The SMILES string of the molecule is O=C(CSc1nnnn1C1CCCC1)Nc1c(Cl)c(Cl)cc(Cl)c1Cl. The van der Waals surface area contributed by atoms with E-state index in [1.807, 2.05) is 0 Å². The quantitative estimate of drug-likeness (QED) is 0.515. The molecule has 0 bridgehead atoms. The molecule has 1 aromatic heterocycles. The molecule has 134 valence electrons. The van der Waals surface area contributed by atoms with Crippen LogP contribution in [0.4, 0.5) is 5.69 Å². The highest BCUT2D eigenvalue weighted by molar-refractivity contribution is 7.99. The Morgan fingerprint density at radius 1 is 1.20 bits per heavy atom. The Hall–Kier alpha value is -0.730. The third kappa shape index (κ3) is 4.34. The highest BCUT2D eigenvalue weighted by Crippen LogP contribution is 2.41. The number of carbonyl (C=O) groups excluding carboxylic acids is 1. The van der Waals surface area contributed by atoms with Crippen LogP contribution in [0.1, 0.15) is 31.7 Å². The lowest BCUT2D eigenvalue weighted by Crippen LogP contribution is -2.16. The number of amides is 1. The monoisotopic (exact) mass is 439 g/mol. The van der Waals surface area contributed by atoms with Crippen molar-refractivity contribution in [1.29, 1.82) is 0 Å². The lowest BCUT2D eigenvalue weighted by Gasteiger charge is -2.12. The van der Waals surface area contributed by atoms with E-state index in [-0.39, 0.29) is 37.4 Å². The van der Waals surface area contributed by atoms with E-state index in [9.17, 15) is 4.79 Å². The van der Waals surface area contributed by atoms with Crippen molar-refractivity contribution >= 4 is 69.8 Å². The smallest absolute Gasteiger partial charge is 0.234 e. The molecule has 1 saturated carbocycles. The number of halogens is 4. The summed E-state index contributed by atoms with van der Waals surface area (Å²) < 4.78 is 1.79. The zero-order valence-electron chi connectivity index (χ0n) is 12.8. The second-order valence-corrected chi connectivity index (χ2v) is 8.04. The molecule has 6 nitrogen and oxygen atoms in total. The van der Waals surface area contributed by atoms with Crippen LogP contribution in [0, 0.1) is 0 Å². The van der Waals surface area contributed by atoms with Crippen LogP contribution >= 0.6 is 58.2 Å². The van der Waals surface area contributed by atoms with Gasteiger partial charge in [0.15, 0.2) is 0 Å². The van der Waals surface area contributed by atoms with Crippen LogP contribution in [0.3, 0.4) is 0 Å². The maximum absolute atomic E-state index is 12.3. The Labute approximate surface area is 168 Å². The van der Waals surface area contributed by atoms with Crippen molar-refractivity contribution in [1.82, 2.24) is 20.2 Å². The number of anilines is 1. The maximum Gasteiger partial charge on any atom is 0.234 e. The van der Waals surface area contributed by atoms with Crippen molar-refractivity contribution in [2.75, 3.05) is 11.1 Å². The largest absolute Gasteiger partial charge is 0.323 e. The molecule has 3 rings (SSSR count). The Kier molecular flexibility index (Phi) is 6.33. The average Bonchev–Trinajstić information content (AvgIpc) is 3.25. The molecule has 11 heteroatoms. The minimum Gasteiger partial charge on any atom is -0.323 e. The third-order valence-electron chi connectivity index (χ3n) is 3.84. The predicted octanol–water partition coefficient (Wildman–Crippen LogP) is 5.13. The fraction of sp³-hybridized carbons (Fsp3) is 0.429. The van der Waals surface area contributed by atoms with Gasteiger partial charge in [0.2, 0.25) is 11.1 Å². The van der Waals surface area contributed by atoms with Gasteiger partial charge in [-0.25, -0.2) is 4.68 Å². The molecule has 2 aromatic rings. The molecule has 0 atom stereocenters. The van der Waals surface area contributed by atoms with E-state index in [1.54, 1.807) is 4.68 Å². The van der Waals surface area contributed by atoms with Gasteiger partial charge in [0.1, 0.15) is 0 Å². The van der Waals surface area contributed by atoms with Gasteiger partial charge in [-0.3, -0.25) is 4.79 Å². The summed E-state index contributed by atoms with van der Waals surface area (Å²) in [6.07, 6.45) is 4.44. The van der Waals surface area contributed by atoms with E-state index in [0.29, 0.717) is 11.2 Å². The second-order valence-electron chi connectivity index (χ2n) is 5.52. The maximum atomic E-state index is 12.3. The zero-order valence-corrected chi connectivity index (χ0v) is 16.6. The molecular formula is C14H13Cl4N5OS. The number of thioether (sulfide) groups is 1. The first-order chi connectivity index (χ1) is 12.0. The molecule has 0 saturated heterocycles. The third-order valence-corrected chi connectivity index (χ3v) is 6.35. The normalized spacial score (nSPS) is 14.9. The Morgan fingerprint density at radius 2 is 1.84 bits per heavy atom. The van der Waals surface area contributed by atoms with E-state index in [0.717, 1.165) is 12.8 Å². The molecule has 0 spiro atoms. The number of nitrogens with zero attached hydrogens (tertiary/aromatic N) is 4.